The lowest BCUT2D eigenvalue weighted by Gasteiger charge is -2.29. The average Bonchev–Trinajstić information content (AvgIpc) is 2.40. The van der Waals surface area contributed by atoms with Crippen molar-refractivity contribution in [1.29, 1.82) is 0 Å². The molecule has 1 aliphatic carbocycles. The van der Waals surface area contributed by atoms with Gasteiger partial charge in [0.15, 0.2) is 0 Å². The summed E-state index contributed by atoms with van der Waals surface area (Å²) in [7, 11) is 0. The topological polar surface area (TPSA) is 50.2 Å². The monoisotopic (exact) mass is 283 g/mol. The van der Waals surface area contributed by atoms with E-state index in [1.54, 1.807) is 0 Å². The van der Waals surface area contributed by atoms with Crippen LogP contribution in [-0.2, 0) is 6.42 Å². The van der Waals surface area contributed by atoms with E-state index in [-0.39, 0.29) is 5.92 Å². The zero-order chi connectivity index (χ0) is 15.3. The number of hydrogen-bond acceptors (Lipinski definition) is 2. The molecule has 0 fully saturated rings. The van der Waals surface area contributed by atoms with Crippen LogP contribution in [0.1, 0.15) is 58.9 Å². The lowest BCUT2D eigenvalue weighted by atomic mass is 9.78. The van der Waals surface area contributed by atoms with Crippen LogP contribution in [0.25, 0.3) is 10.9 Å². The maximum absolute atomic E-state index is 11.9. The molecule has 1 aliphatic rings. The predicted octanol–water partition coefficient (Wildman–Crippen LogP) is 4.24. The first-order chi connectivity index (χ1) is 9.90. The third-order valence-electron chi connectivity index (χ3n) is 4.80. The summed E-state index contributed by atoms with van der Waals surface area (Å²) in [6.45, 7) is 8.41. The number of rotatable bonds is 1. The van der Waals surface area contributed by atoms with Crippen molar-refractivity contribution in [2.45, 2.75) is 46.5 Å². The van der Waals surface area contributed by atoms with E-state index in [4.69, 9.17) is 4.98 Å². The van der Waals surface area contributed by atoms with Crippen molar-refractivity contribution >= 4 is 16.9 Å². The van der Waals surface area contributed by atoms with E-state index < -0.39 is 5.97 Å². The first-order valence-electron chi connectivity index (χ1n) is 7.56. The van der Waals surface area contributed by atoms with E-state index in [9.17, 15) is 9.90 Å². The van der Waals surface area contributed by atoms with Crippen LogP contribution in [-0.4, -0.2) is 16.1 Å². The molecule has 0 amide bonds. The molecule has 1 heterocycles. The molecule has 0 spiro atoms. The van der Waals surface area contributed by atoms with Crippen LogP contribution in [0.15, 0.2) is 12.1 Å². The molecule has 2 aromatic rings. The smallest absolute Gasteiger partial charge is 0.336 e. The zero-order valence-electron chi connectivity index (χ0n) is 13.0. The highest BCUT2D eigenvalue weighted by Crippen LogP contribution is 2.39. The second-order valence-electron chi connectivity index (χ2n) is 6.50. The SMILES string of the molecule is Cc1ccc2c(C(=O)O)c3c(nc2c1C)CC(C)CC3C. The summed E-state index contributed by atoms with van der Waals surface area (Å²) in [5, 5.41) is 10.5. The molecule has 0 aliphatic heterocycles. The lowest BCUT2D eigenvalue weighted by Crippen LogP contribution is -2.21. The molecular formula is C18H21NO2. The van der Waals surface area contributed by atoms with Crippen LogP contribution >= 0.6 is 0 Å². The summed E-state index contributed by atoms with van der Waals surface area (Å²) >= 11 is 0. The number of benzene rings is 1. The molecule has 21 heavy (non-hydrogen) atoms. The molecule has 3 rings (SSSR count). The molecular weight excluding hydrogens is 262 g/mol. The summed E-state index contributed by atoms with van der Waals surface area (Å²) in [6.07, 6.45) is 1.91. The standard InChI is InChI=1S/C18H21NO2/c1-9-7-11(3)15-14(8-9)19-17-12(4)10(2)5-6-13(17)16(15)18(20)21/h5-6,9,11H,7-8H2,1-4H3,(H,20,21). The van der Waals surface area contributed by atoms with Gasteiger partial charge < -0.3 is 5.11 Å². The van der Waals surface area contributed by atoms with Gasteiger partial charge in [0.2, 0.25) is 0 Å². The Morgan fingerprint density at radius 1 is 1.29 bits per heavy atom. The summed E-state index contributed by atoms with van der Waals surface area (Å²) in [5.74, 6) is -0.0131. The molecule has 1 N–H and O–H groups in total. The van der Waals surface area contributed by atoms with Crippen LogP contribution < -0.4 is 0 Å². The molecule has 2 atom stereocenters. The number of nitrogens with zero attached hydrogens (tertiary/aromatic N) is 1. The lowest BCUT2D eigenvalue weighted by molar-refractivity contribution is 0.0696. The number of aromatic nitrogens is 1. The van der Waals surface area contributed by atoms with Gasteiger partial charge >= 0.3 is 5.97 Å². The minimum Gasteiger partial charge on any atom is -0.478 e. The second kappa shape index (κ2) is 4.83. The van der Waals surface area contributed by atoms with Gasteiger partial charge in [-0.1, -0.05) is 26.0 Å². The summed E-state index contributed by atoms with van der Waals surface area (Å²) < 4.78 is 0. The Morgan fingerprint density at radius 2 is 2.00 bits per heavy atom. The van der Waals surface area contributed by atoms with Gasteiger partial charge in [-0.25, -0.2) is 4.79 Å². The number of carboxylic acids is 1. The van der Waals surface area contributed by atoms with E-state index in [1.165, 1.54) is 0 Å². The Labute approximate surface area is 125 Å². The third-order valence-corrected chi connectivity index (χ3v) is 4.80. The van der Waals surface area contributed by atoms with E-state index in [0.717, 1.165) is 46.1 Å². The number of aromatic carboxylic acids is 1. The normalized spacial score (nSPS) is 21.3. The van der Waals surface area contributed by atoms with Crippen molar-refractivity contribution in [3.8, 4) is 0 Å². The van der Waals surface area contributed by atoms with Gasteiger partial charge in [-0.05, 0) is 55.2 Å². The first-order valence-corrected chi connectivity index (χ1v) is 7.56. The van der Waals surface area contributed by atoms with Crippen molar-refractivity contribution in [2.24, 2.45) is 5.92 Å². The van der Waals surface area contributed by atoms with Gasteiger partial charge in [-0.2, -0.15) is 0 Å². The molecule has 0 bridgehead atoms. The highest BCUT2D eigenvalue weighted by atomic mass is 16.4. The van der Waals surface area contributed by atoms with Crippen LogP contribution in [0.2, 0.25) is 0 Å². The maximum Gasteiger partial charge on any atom is 0.336 e. The van der Waals surface area contributed by atoms with Crippen molar-refractivity contribution in [3.05, 3.63) is 40.1 Å². The Kier molecular flexibility index (Phi) is 3.23. The van der Waals surface area contributed by atoms with Gasteiger partial charge in [-0.3, -0.25) is 4.98 Å². The highest BCUT2D eigenvalue weighted by molar-refractivity contribution is 6.05. The van der Waals surface area contributed by atoms with Crippen LogP contribution in [0.4, 0.5) is 0 Å². The molecule has 2 unspecified atom stereocenters. The molecule has 1 aromatic carbocycles. The summed E-state index contributed by atoms with van der Waals surface area (Å²) in [4.78, 5) is 16.7. The largest absolute Gasteiger partial charge is 0.478 e. The zero-order valence-corrected chi connectivity index (χ0v) is 13.0. The number of aryl methyl sites for hydroxylation is 2. The van der Waals surface area contributed by atoms with Gasteiger partial charge in [-0.15, -0.1) is 0 Å². The Bertz CT molecular complexity index is 749. The van der Waals surface area contributed by atoms with Crippen molar-refractivity contribution < 1.29 is 9.90 Å². The van der Waals surface area contributed by atoms with Crippen LogP contribution in [0.5, 0.6) is 0 Å². The highest BCUT2D eigenvalue weighted by Gasteiger charge is 2.29. The fourth-order valence-corrected chi connectivity index (χ4v) is 3.68. The molecule has 110 valence electrons. The maximum atomic E-state index is 11.9. The average molecular weight is 283 g/mol. The Morgan fingerprint density at radius 3 is 2.67 bits per heavy atom. The number of carbonyl (C=O) groups is 1. The Balaban J connectivity index is 2.44. The number of hydrogen-bond donors (Lipinski definition) is 1. The number of fused-ring (bicyclic) bond motifs is 2. The van der Waals surface area contributed by atoms with E-state index in [1.807, 2.05) is 26.0 Å². The van der Waals surface area contributed by atoms with Gasteiger partial charge in [0, 0.05) is 11.1 Å². The fourth-order valence-electron chi connectivity index (χ4n) is 3.68. The van der Waals surface area contributed by atoms with E-state index in [0.29, 0.717) is 11.5 Å². The minimum atomic E-state index is -0.830. The quantitative estimate of drug-likeness (QED) is 0.851. The van der Waals surface area contributed by atoms with Gasteiger partial charge in [0.05, 0.1) is 11.1 Å². The summed E-state index contributed by atoms with van der Waals surface area (Å²) in [5.41, 5.74) is 5.51. The third kappa shape index (κ3) is 2.11. The van der Waals surface area contributed by atoms with Gasteiger partial charge in [0.25, 0.3) is 0 Å². The van der Waals surface area contributed by atoms with Crippen LogP contribution in [0, 0.1) is 19.8 Å². The van der Waals surface area contributed by atoms with Gasteiger partial charge in [0.1, 0.15) is 0 Å². The minimum absolute atomic E-state index is 0.258. The van der Waals surface area contributed by atoms with E-state index >= 15 is 0 Å². The molecule has 0 saturated heterocycles. The number of pyridine rings is 1. The predicted molar refractivity (Wildman–Crippen MR) is 84.1 cm³/mol. The number of carboxylic acid groups (broad SMARTS) is 1. The van der Waals surface area contributed by atoms with Crippen molar-refractivity contribution in [3.63, 3.8) is 0 Å². The molecule has 1 aromatic heterocycles. The van der Waals surface area contributed by atoms with E-state index in [2.05, 4.69) is 13.8 Å². The van der Waals surface area contributed by atoms with Crippen LogP contribution in [0.3, 0.4) is 0 Å². The molecule has 3 nitrogen and oxygen atoms in total. The second-order valence-corrected chi connectivity index (χ2v) is 6.50. The van der Waals surface area contributed by atoms with Crippen molar-refractivity contribution in [1.82, 2.24) is 4.98 Å². The van der Waals surface area contributed by atoms with Crippen molar-refractivity contribution in [2.75, 3.05) is 0 Å². The molecule has 3 heteroatoms. The Hall–Kier alpha value is -1.90. The molecule has 0 saturated carbocycles. The summed E-state index contributed by atoms with van der Waals surface area (Å²) in [6, 6.07) is 3.91. The first kappa shape index (κ1) is 14.1. The fraction of sp³-hybridized carbons (Fsp3) is 0.444. The molecule has 0 radical (unpaired) electrons.